The summed E-state index contributed by atoms with van der Waals surface area (Å²) in [6.45, 7) is 6.40. The molecule has 3 rings (SSSR count). The lowest BCUT2D eigenvalue weighted by atomic mass is 9.63. The number of allylic oxidation sites excluding steroid dienone is 1. The molecule has 3 nitrogen and oxygen atoms in total. The molecule has 5 heteroatoms. The molecule has 33 heavy (non-hydrogen) atoms. The van der Waals surface area contributed by atoms with E-state index in [0.29, 0.717) is 5.57 Å². The van der Waals surface area contributed by atoms with Crippen LogP contribution < -0.4 is 0 Å². The normalized spacial score (nSPS) is 12.8. The van der Waals surface area contributed by atoms with Gasteiger partial charge >= 0.3 is 5.97 Å². The summed E-state index contributed by atoms with van der Waals surface area (Å²) in [6, 6.07) is 31.2. The van der Waals surface area contributed by atoms with Crippen molar-refractivity contribution in [3.8, 4) is 0 Å². The Kier molecular flexibility index (Phi) is 9.00. The predicted octanol–water partition coefficient (Wildman–Crippen LogP) is 5.70. The van der Waals surface area contributed by atoms with Gasteiger partial charge in [0, 0.05) is 0 Å². The van der Waals surface area contributed by atoms with Crippen LogP contribution in [0.15, 0.2) is 102 Å². The van der Waals surface area contributed by atoms with Crippen LogP contribution in [-0.4, -0.2) is 29.9 Å². The standard InChI is InChI=1S/C28H34O3Si2/c1-22(14-13-21-32-31-33(2)3)26(27(29)30)28(23-15-7-4-8-16-23,24-17-9-5-10-18-24)25-19-11-6-12-20-25/h4-12,15-20,33H,13-14,21,32H2,1-3H3,(H,29,30). The van der Waals surface area contributed by atoms with Crippen LogP contribution in [0.3, 0.4) is 0 Å². The highest BCUT2D eigenvalue weighted by molar-refractivity contribution is 6.56. The van der Waals surface area contributed by atoms with Crippen molar-refractivity contribution < 1.29 is 14.0 Å². The van der Waals surface area contributed by atoms with Gasteiger partial charge in [-0.25, -0.2) is 4.79 Å². The summed E-state index contributed by atoms with van der Waals surface area (Å²) in [5.41, 5.74) is 3.35. The molecule has 172 valence electrons. The molecule has 0 heterocycles. The highest BCUT2D eigenvalue weighted by Crippen LogP contribution is 2.47. The first-order valence-electron chi connectivity index (χ1n) is 11.7. The number of hydrogen-bond acceptors (Lipinski definition) is 2. The molecule has 0 saturated carbocycles. The van der Waals surface area contributed by atoms with Gasteiger partial charge in [-0.3, -0.25) is 0 Å². The van der Waals surface area contributed by atoms with Crippen LogP contribution in [0.5, 0.6) is 0 Å². The molecule has 0 unspecified atom stereocenters. The minimum atomic E-state index is -0.969. The van der Waals surface area contributed by atoms with Gasteiger partial charge in [0.25, 0.3) is 0 Å². The van der Waals surface area contributed by atoms with Crippen LogP contribution in [0.2, 0.25) is 19.1 Å². The second kappa shape index (κ2) is 11.9. The first-order chi connectivity index (χ1) is 16.0. The zero-order valence-corrected chi connectivity index (χ0v) is 22.4. The van der Waals surface area contributed by atoms with Crippen molar-refractivity contribution >= 4 is 24.8 Å². The Hall–Kier alpha value is -2.74. The smallest absolute Gasteiger partial charge is 0.333 e. The minimum absolute atomic E-state index is 0.451. The number of carboxylic acid groups (broad SMARTS) is 1. The van der Waals surface area contributed by atoms with Gasteiger partial charge in [0.2, 0.25) is 0 Å². The molecule has 0 aliphatic rings. The van der Waals surface area contributed by atoms with Gasteiger partial charge in [-0.05, 0) is 49.2 Å². The third-order valence-electron chi connectivity index (χ3n) is 6.03. The van der Waals surface area contributed by atoms with Crippen LogP contribution in [0.1, 0.15) is 36.5 Å². The van der Waals surface area contributed by atoms with Crippen molar-refractivity contribution in [1.82, 2.24) is 0 Å². The van der Waals surface area contributed by atoms with Crippen molar-refractivity contribution in [3.63, 3.8) is 0 Å². The van der Waals surface area contributed by atoms with E-state index >= 15 is 0 Å². The van der Waals surface area contributed by atoms with E-state index in [-0.39, 0.29) is 0 Å². The lowest BCUT2D eigenvalue weighted by Crippen LogP contribution is -2.36. The fourth-order valence-corrected chi connectivity index (χ4v) is 7.60. The van der Waals surface area contributed by atoms with Gasteiger partial charge in [-0.1, -0.05) is 103 Å². The third-order valence-corrected chi connectivity index (χ3v) is 10.4. The zero-order chi connectivity index (χ0) is 23.7. The van der Waals surface area contributed by atoms with Gasteiger partial charge < -0.3 is 9.22 Å². The SMILES string of the molecule is CC(CCC[SiH2]O[SiH](C)C)=C(C(=O)O)C(c1ccccc1)(c1ccccc1)c1ccccc1. The Bertz CT molecular complexity index is 952. The topological polar surface area (TPSA) is 46.5 Å². The predicted molar refractivity (Wildman–Crippen MR) is 142 cm³/mol. The average Bonchev–Trinajstić information content (AvgIpc) is 2.83. The summed E-state index contributed by atoms with van der Waals surface area (Å²) in [7, 11) is -1.49. The van der Waals surface area contributed by atoms with Crippen LogP contribution in [-0.2, 0) is 14.3 Å². The zero-order valence-electron chi connectivity index (χ0n) is 19.8. The summed E-state index contributed by atoms with van der Waals surface area (Å²) in [5, 5.41) is 10.7. The lowest BCUT2D eigenvalue weighted by molar-refractivity contribution is -0.133. The number of carboxylic acids is 1. The van der Waals surface area contributed by atoms with Gasteiger partial charge in [-0.15, -0.1) is 0 Å². The molecule has 0 fully saturated rings. The van der Waals surface area contributed by atoms with Crippen molar-refractivity contribution in [1.29, 1.82) is 0 Å². The largest absolute Gasteiger partial charge is 0.478 e. The van der Waals surface area contributed by atoms with E-state index in [0.717, 1.165) is 41.1 Å². The van der Waals surface area contributed by atoms with Gasteiger partial charge in [-0.2, -0.15) is 0 Å². The second-order valence-electron chi connectivity index (χ2n) is 8.69. The van der Waals surface area contributed by atoms with E-state index in [2.05, 4.69) is 13.1 Å². The quantitative estimate of drug-likeness (QED) is 0.168. The first-order valence-corrected chi connectivity index (χ1v) is 16.1. The molecule has 1 N–H and O–H groups in total. The Balaban J connectivity index is 2.21. The highest BCUT2D eigenvalue weighted by atomic mass is 28.3. The molecular formula is C28H34O3Si2. The van der Waals surface area contributed by atoms with Crippen molar-refractivity contribution in [2.75, 3.05) is 0 Å². The molecule has 3 aromatic rings. The van der Waals surface area contributed by atoms with Crippen LogP contribution in [0.4, 0.5) is 0 Å². The van der Waals surface area contributed by atoms with Crippen LogP contribution >= 0.6 is 0 Å². The molecule has 0 amide bonds. The number of carbonyl (C=O) groups is 1. The monoisotopic (exact) mass is 474 g/mol. The molecule has 0 bridgehead atoms. The Labute approximate surface area is 201 Å². The number of benzene rings is 3. The minimum Gasteiger partial charge on any atom is -0.478 e. The summed E-state index contributed by atoms with van der Waals surface area (Å²) < 4.78 is 5.95. The van der Waals surface area contributed by atoms with Gasteiger partial charge in [0.1, 0.15) is 9.76 Å². The number of rotatable bonds is 11. The molecule has 0 spiro atoms. The molecular weight excluding hydrogens is 440 g/mol. The molecule has 0 saturated heterocycles. The fraction of sp³-hybridized carbons (Fsp3) is 0.250. The average molecular weight is 475 g/mol. The first kappa shape index (κ1) is 24.9. The van der Waals surface area contributed by atoms with Crippen LogP contribution in [0.25, 0.3) is 0 Å². The van der Waals surface area contributed by atoms with E-state index in [1.807, 2.05) is 97.9 Å². The van der Waals surface area contributed by atoms with Gasteiger partial charge in [0.15, 0.2) is 9.04 Å². The summed E-state index contributed by atoms with van der Waals surface area (Å²) in [5.74, 6) is -0.868. The molecule has 3 aromatic carbocycles. The number of hydrogen-bond donors (Lipinski definition) is 1. The maximum Gasteiger partial charge on any atom is 0.333 e. The van der Waals surface area contributed by atoms with Crippen LogP contribution in [0, 0.1) is 0 Å². The summed E-state index contributed by atoms with van der Waals surface area (Å²) >= 11 is 0. The van der Waals surface area contributed by atoms with Crippen molar-refractivity contribution in [3.05, 3.63) is 119 Å². The summed E-state index contributed by atoms with van der Waals surface area (Å²) in [4.78, 5) is 13.0. The Morgan fingerprint density at radius 1 is 0.848 bits per heavy atom. The third kappa shape index (κ3) is 5.80. The van der Waals surface area contributed by atoms with Crippen molar-refractivity contribution in [2.45, 2.75) is 44.3 Å². The van der Waals surface area contributed by atoms with Crippen molar-refractivity contribution in [2.24, 2.45) is 0 Å². The van der Waals surface area contributed by atoms with E-state index in [1.54, 1.807) is 0 Å². The summed E-state index contributed by atoms with van der Waals surface area (Å²) in [6.07, 6.45) is 1.72. The molecule has 0 aliphatic carbocycles. The lowest BCUT2D eigenvalue weighted by Gasteiger charge is -2.38. The van der Waals surface area contributed by atoms with E-state index in [4.69, 9.17) is 4.12 Å². The fourth-order valence-electron chi connectivity index (χ4n) is 4.60. The maximum absolute atomic E-state index is 13.0. The second-order valence-corrected chi connectivity index (χ2v) is 13.2. The number of aliphatic carboxylic acids is 1. The molecule has 0 aromatic heterocycles. The molecule has 0 aliphatic heterocycles. The van der Waals surface area contributed by atoms with Gasteiger partial charge in [0.05, 0.1) is 11.0 Å². The van der Waals surface area contributed by atoms with E-state index in [9.17, 15) is 9.90 Å². The maximum atomic E-state index is 13.0. The Morgan fingerprint density at radius 2 is 1.27 bits per heavy atom. The van der Waals surface area contributed by atoms with E-state index < -0.39 is 30.2 Å². The molecule has 0 radical (unpaired) electrons. The van der Waals surface area contributed by atoms with E-state index in [1.165, 1.54) is 0 Å². The highest BCUT2D eigenvalue weighted by Gasteiger charge is 2.44. The Morgan fingerprint density at radius 3 is 1.64 bits per heavy atom. The molecule has 0 atom stereocenters.